The van der Waals surface area contributed by atoms with E-state index in [0.717, 1.165) is 37.8 Å². The van der Waals surface area contributed by atoms with Gasteiger partial charge in [0, 0.05) is 19.0 Å². The first kappa shape index (κ1) is 10.6. The van der Waals surface area contributed by atoms with Crippen molar-refractivity contribution in [2.24, 2.45) is 17.8 Å². The first-order chi connectivity index (χ1) is 7.84. The van der Waals surface area contributed by atoms with E-state index in [9.17, 15) is 4.79 Å². The van der Waals surface area contributed by atoms with Gasteiger partial charge >= 0.3 is 0 Å². The van der Waals surface area contributed by atoms with Gasteiger partial charge in [-0.3, -0.25) is 4.79 Å². The molecule has 1 heterocycles. The fourth-order valence-electron chi connectivity index (χ4n) is 3.71. The van der Waals surface area contributed by atoms with Gasteiger partial charge < -0.3 is 4.90 Å². The molecule has 1 saturated heterocycles. The lowest BCUT2D eigenvalue weighted by Gasteiger charge is -2.43. The van der Waals surface area contributed by atoms with E-state index in [-0.39, 0.29) is 0 Å². The summed E-state index contributed by atoms with van der Waals surface area (Å²) < 4.78 is 0. The molecule has 1 aliphatic heterocycles. The van der Waals surface area contributed by atoms with Gasteiger partial charge in [-0.15, -0.1) is 0 Å². The fraction of sp³-hybridized carbons (Fsp3) is 0.929. The number of piperidine rings is 1. The highest BCUT2D eigenvalue weighted by atomic mass is 16.2. The molecule has 3 fully saturated rings. The summed E-state index contributed by atoms with van der Waals surface area (Å²) in [6.45, 7) is 2.14. The Hall–Kier alpha value is -0.530. The van der Waals surface area contributed by atoms with Gasteiger partial charge in [-0.05, 0) is 37.5 Å². The van der Waals surface area contributed by atoms with Crippen molar-refractivity contribution in [3.63, 3.8) is 0 Å². The number of fused-ring (bicyclic) bond motifs is 1. The lowest BCUT2D eigenvalue weighted by Crippen LogP contribution is -2.47. The van der Waals surface area contributed by atoms with Crippen LogP contribution in [0.4, 0.5) is 0 Å². The molecule has 0 aromatic carbocycles. The maximum absolute atomic E-state index is 12.2. The summed E-state index contributed by atoms with van der Waals surface area (Å²) in [5.74, 6) is 2.67. The minimum Gasteiger partial charge on any atom is -0.342 e. The van der Waals surface area contributed by atoms with Crippen molar-refractivity contribution < 1.29 is 4.79 Å². The van der Waals surface area contributed by atoms with Crippen molar-refractivity contribution in [2.45, 2.75) is 51.4 Å². The Kier molecular flexibility index (Phi) is 2.91. The molecule has 0 aromatic rings. The molecule has 2 unspecified atom stereocenters. The van der Waals surface area contributed by atoms with E-state index in [1.54, 1.807) is 0 Å². The maximum Gasteiger partial charge on any atom is 0.225 e. The van der Waals surface area contributed by atoms with Crippen LogP contribution in [0.25, 0.3) is 0 Å². The van der Waals surface area contributed by atoms with Gasteiger partial charge in [-0.25, -0.2) is 0 Å². The van der Waals surface area contributed by atoms with Gasteiger partial charge in [0.2, 0.25) is 5.91 Å². The Morgan fingerprint density at radius 2 is 1.62 bits per heavy atom. The van der Waals surface area contributed by atoms with Crippen LogP contribution in [0.5, 0.6) is 0 Å². The number of amides is 1. The lowest BCUT2D eigenvalue weighted by atomic mass is 9.74. The van der Waals surface area contributed by atoms with E-state index in [0.29, 0.717) is 11.8 Å². The fourth-order valence-corrected chi connectivity index (χ4v) is 3.71. The Morgan fingerprint density at radius 3 is 2.31 bits per heavy atom. The summed E-state index contributed by atoms with van der Waals surface area (Å²) in [4.78, 5) is 14.4. The molecule has 2 atom stereocenters. The summed E-state index contributed by atoms with van der Waals surface area (Å²) in [5.41, 5.74) is 0. The average Bonchev–Trinajstić information content (AvgIpc) is 2.26. The molecule has 3 aliphatic rings. The third kappa shape index (κ3) is 1.87. The number of nitrogens with zero attached hydrogens (tertiary/aromatic N) is 1. The molecular weight excluding hydrogens is 198 g/mol. The second-order valence-electron chi connectivity index (χ2n) is 6.01. The number of carbonyl (C=O) groups excluding carboxylic acids is 1. The van der Waals surface area contributed by atoms with Crippen LogP contribution >= 0.6 is 0 Å². The topological polar surface area (TPSA) is 20.3 Å². The second-order valence-corrected chi connectivity index (χ2v) is 6.01. The van der Waals surface area contributed by atoms with Gasteiger partial charge in [-0.2, -0.15) is 0 Å². The van der Waals surface area contributed by atoms with Crippen LogP contribution in [0.1, 0.15) is 51.4 Å². The van der Waals surface area contributed by atoms with Crippen LogP contribution in [0, 0.1) is 17.8 Å². The van der Waals surface area contributed by atoms with Crippen LogP contribution in [-0.2, 0) is 4.79 Å². The molecule has 0 radical (unpaired) electrons. The third-order valence-corrected chi connectivity index (χ3v) is 5.06. The number of hydrogen-bond acceptors (Lipinski definition) is 1. The molecular formula is C14H23NO. The van der Waals surface area contributed by atoms with E-state index in [1.165, 1.54) is 38.5 Å². The minimum atomic E-state index is 0.403. The average molecular weight is 221 g/mol. The Bertz CT molecular complexity index is 272. The van der Waals surface area contributed by atoms with Crippen molar-refractivity contribution in [2.75, 3.05) is 13.1 Å². The van der Waals surface area contributed by atoms with Gasteiger partial charge in [0.1, 0.15) is 0 Å². The predicted molar refractivity (Wildman–Crippen MR) is 64.0 cm³/mol. The SMILES string of the molecule is O=C(C1CCC1)N1CCC2CCCCC2C1. The monoisotopic (exact) mass is 221 g/mol. The Labute approximate surface area is 98.4 Å². The lowest BCUT2D eigenvalue weighted by molar-refractivity contribution is -0.141. The smallest absolute Gasteiger partial charge is 0.225 e. The van der Waals surface area contributed by atoms with E-state index in [4.69, 9.17) is 0 Å². The van der Waals surface area contributed by atoms with Crippen molar-refractivity contribution in [1.82, 2.24) is 4.90 Å². The van der Waals surface area contributed by atoms with Crippen LogP contribution in [-0.4, -0.2) is 23.9 Å². The summed E-state index contributed by atoms with van der Waals surface area (Å²) in [5, 5.41) is 0. The van der Waals surface area contributed by atoms with Crippen LogP contribution in [0.2, 0.25) is 0 Å². The summed E-state index contributed by atoms with van der Waals surface area (Å²) in [7, 11) is 0. The highest BCUT2D eigenvalue weighted by molar-refractivity contribution is 5.79. The van der Waals surface area contributed by atoms with Crippen LogP contribution < -0.4 is 0 Å². The largest absolute Gasteiger partial charge is 0.342 e. The third-order valence-electron chi connectivity index (χ3n) is 5.06. The van der Waals surface area contributed by atoms with E-state index >= 15 is 0 Å². The molecule has 2 aliphatic carbocycles. The maximum atomic E-state index is 12.2. The summed E-state index contributed by atoms with van der Waals surface area (Å²) >= 11 is 0. The summed E-state index contributed by atoms with van der Waals surface area (Å²) in [6, 6.07) is 0. The highest BCUT2D eigenvalue weighted by Crippen LogP contribution is 2.37. The van der Waals surface area contributed by atoms with E-state index < -0.39 is 0 Å². The molecule has 2 heteroatoms. The molecule has 2 nitrogen and oxygen atoms in total. The standard InChI is InChI=1S/C14H23NO/c16-14(12-6-3-7-12)15-9-8-11-4-1-2-5-13(11)10-15/h11-13H,1-10H2. The van der Waals surface area contributed by atoms with Crippen molar-refractivity contribution in [3.05, 3.63) is 0 Å². The Morgan fingerprint density at radius 1 is 0.875 bits per heavy atom. The molecule has 3 rings (SSSR count). The van der Waals surface area contributed by atoms with Crippen LogP contribution in [0.15, 0.2) is 0 Å². The molecule has 16 heavy (non-hydrogen) atoms. The second kappa shape index (κ2) is 4.38. The van der Waals surface area contributed by atoms with E-state index in [1.807, 2.05) is 0 Å². The normalized spacial score (nSPS) is 35.4. The number of carbonyl (C=O) groups is 1. The quantitative estimate of drug-likeness (QED) is 0.666. The van der Waals surface area contributed by atoms with Gasteiger partial charge in [-0.1, -0.05) is 25.7 Å². The van der Waals surface area contributed by atoms with Crippen molar-refractivity contribution in [3.8, 4) is 0 Å². The predicted octanol–water partition coefficient (Wildman–Crippen LogP) is 2.83. The molecule has 0 spiro atoms. The first-order valence-electron chi connectivity index (χ1n) is 7.13. The first-order valence-corrected chi connectivity index (χ1v) is 7.13. The van der Waals surface area contributed by atoms with E-state index in [2.05, 4.69) is 4.90 Å². The zero-order chi connectivity index (χ0) is 11.0. The summed E-state index contributed by atoms with van der Waals surface area (Å²) in [6.07, 6.45) is 10.5. The molecule has 1 amide bonds. The highest BCUT2D eigenvalue weighted by Gasteiger charge is 2.36. The zero-order valence-electron chi connectivity index (χ0n) is 10.2. The number of hydrogen-bond donors (Lipinski definition) is 0. The molecule has 2 saturated carbocycles. The van der Waals surface area contributed by atoms with Crippen molar-refractivity contribution >= 4 is 5.91 Å². The van der Waals surface area contributed by atoms with Crippen LogP contribution in [0.3, 0.4) is 0 Å². The van der Waals surface area contributed by atoms with Gasteiger partial charge in [0.25, 0.3) is 0 Å². The minimum absolute atomic E-state index is 0.403. The zero-order valence-corrected chi connectivity index (χ0v) is 10.2. The van der Waals surface area contributed by atoms with Gasteiger partial charge in [0.15, 0.2) is 0 Å². The molecule has 0 bridgehead atoms. The molecule has 0 N–H and O–H groups in total. The number of rotatable bonds is 1. The molecule has 0 aromatic heterocycles. The van der Waals surface area contributed by atoms with Gasteiger partial charge in [0.05, 0.1) is 0 Å². The van der Waals surface area contributed by atoms with Crippen molar-refractivity contribution in [1.29, 1.82) is 0 Å². The Balaban J connectivity index is 1.59. The molecule has 90 valence electrons. The number of likely N-dealkylation sites (tertiary alicyclic amines) is 1.